The summed E-state index contributed by atoms with van der Waals surface area (Å²) < 4.78 is 16.2. The third kappa shape index (κ3) is 5.57. The van der Waals surface area contributed by atoms with Gasteiger partial charge in [0, 0.05) is 24.0 Å². The molecule has 5 rings (SSSR count). The Morgan fingerprint density at radius 1 is 1.08 bits per heavy atom. The van der Waals surface area contributed by atoms with Crippen LogP contribution in [0, 0.1) is 6.92 Å². The van der Waals surface area contributed by atoms with Crippen molar-refractivity contribution in [3.05, 3.63) is 59.0 Å². The molecule has 204 valence electrons. The van der Waals surface area contributed by atoms with Gasteiger partial charge in [-0.05, 0) is 63.9 Å². The molecule has 3 aromatic rings. The molecule has 1 aromatic carbocycles. The number of pyridine rings is 1. The number of nitrogens with zero attached hydrogens (tertiary/aromatic N) is 5. The molecule has 0 spiro atoms. The Kier molecular flexibility index (Phi) is 6.98. The number of methoxy groups -OCH3 is 1. The van der Waals surface area contributed by atoms with Gasteiger partial charge in [0.25, 0.3) is 0 Å². The highest BCUT2D eigenvalue weighted by Crippen LogP contribution is 2.39. The van der Waals surface area contributed by atoms with Crippen LogP contribution < -0.4 is 19.9 Å². The fraction of sp³-hybridized carbons (Fsp3) is 0.393. The molecule has 1 amide bonds. The van der Waals surface area contributed by atoms with Crippen LogP contribution >= 0.6 is 0 Å². The number of ether oxygens (including phenoxy) is 3. The van der Waals surface area contributed by atoms with Crippen molar-refractivity contribution in [3.8, 4) is 5.88 Å². The molecular formula is C28H32N6O5. The average molecular weight is 533 g/mol. The Morgan fingerprint density at radius 3 is 2.56 bits per heavy atom. The fourth-order valence-corrected chi connectivity index (χ4v) is 4.65. The van der Waals surface area contributed by atoms with E-state index in [0.717, 1.165) is 41.2 Å². The van der Waals surface area contributed by atoms with Crippen LogP contribution in [-0.4, -0.2) is 59.4 Å². The monoisotopic (exact) mass is 532 g/mol. The van der Waals surface area contributed by atoms with Crippen molar-refractivity contribution in [2.45, 2.75) is 46.3 Å². The largest absolute Gasteiger partial charge is 0.474 e. The minimum Gasteiger partial charge on any atom is -0.474 e. The molecule has 2 aromatic heterocycles. The summed E-state index contributed by atoms with van der Waals surface area (Å²) in [6, 6.07) is 6.93. The number of nitrogens with one attached hydrogen (secondary N) is 1. The number of carbonyl (C=O) groups excluding carboxylic acids is 2. The number of hydrogen-bond donors (Lipinski definition) is 1. The van der Waals surface area contributed by atoms with Crippen molar-refractivity contribution in [1.82, 2.24) is 15.0 Å². The number of rotatable bonds is 4. The van der Waals surface area contributed by atoms with Crippen LogP contribution in [0.15, 0.2) is 36.7 Å². The molecule has 0 saturated carbocycles. The summed E-state index contributed by atoms with van der Waals surface area (Å²) >= 11 is 0. The molecule has 0 bridgehead atoms. The lowest BCUT2D eigenvalue weighted by Crippen LogP contribution is -2.42. The first-order valence-electron chi connectivity index (χ1n) is 12.8. The average Bonchev–Trinajstić information content (AvgIpc) is 2.91. The molecule has 39 heavy (non-hydrogen) atoms. The van der Waals surface area contributed by atoms with Crippen molar-refractivity contribution in [1.29, 1.82) is 0 Å². The van der Waals surface area contributed by atoms with Gasteiger partial charge in [0.05, 0.1) is 43.3 Å². The van der Waals surface area contributed by atoms with Crippen LogP contribution in [0.2, 0.25) is 0 Å². The first-order chi connectivity index (χ1) is 18.6. The second kappa shape index (κ2) is 10.4. The van der Waals surface area contributed by atoms with E-state index < -0.39 is 11.7 Å². The minimum atomic E-state index is -0.611. The second-order valence-corrected chi connectivity index (χ2v) is 10.4. The van der Waals surface area contributed by atoms with Crippen LogP contribution in [0.1, 0.15) is 48.0 Å². The van der Waals surface area contributed by atoms with Crippen molar-refractivity contribution < 1.29 is 23.8 Å². The lowest BCUT2D eigenvalue weighted by Gasteiger charge is -2.35. The predicted molar refractivity (Wildman–Crippen MR) is 146 cm³/mol. The third-order valence-electron chi connectivity index (χ3n) is 6.53. The molecule has 2 aliphatic rings. The van der Waals surface area contributed by atoms with Crippen molar-refractivity contribution in [2.24, 2.45) is 0 Å². The molecule has 1 N–H and O–H groups in total. The van der Waals surface area contributed by atoms with Gasteiger partial charge < -0.3 is 24.4 Å². The van der Waals surface area contributed by atoms with E-state index in [1.54, 1.807) is 35.4 Å². The van der Waals surface area contributed by atoms with Crippen LogP contribution in [0.3, 0.4) is 0 Å². The molecule has 0 aliphatic carbocycles. The van der Waals surface area contributed by atoms with Crippen LogP contribution in [0.25, 0.3) is 0 Å². The summed E-state index contributed by atoms with van der Waals surface area (Å²) in [4.78, 5) is 42.3. The Morgan fingerprint density at radius 2 is 1.85 bits per heavy atom. The van der Waals surface area contributed by atoms with E-state index in [1.165, 1.54) is 7.11 Å². The number of esters is 1. The van der Waals surface area contributed by atoms with E-state index >= 15 is 0 Å². The highest BCUT2D eigenvalue weighted by molar-refractivity contribution is 5.92. The number of amides is 1. The van der Waals surface area contributed by atoms with E-state index in [4.69, 9.17) is 19.2 Å². The van der Waals surface area contributed by atoms with E-state index in [9.17, 15) is 9.59 Å². The highest BCUT2D eigenvalue weighted by Gasteiger charge is 2.32. The molecule has 0 unspecified atom stereocenters. The maximum Gasteiger partial charge on any atom is 0.415 e. The quantitative estimate of drug-likeness (QED) is 0.484. The summed E-state index contributed by atoms with van der Waals surface area (Å²) in [5.74, 6) is 0.503. The lowest BCUT2D eigenvalue weighted by molar-refractivity contribution is 0.0564. The van der Waals surface area contributed by atoms with Gasteiger partial charge in [-0.1, -0.05) is 0 Å². The van der Waals surface area contributed by atoms with Crippen LogP contribution in [0.4, 0.5) is 27.8 Å². The maximum atomic E-state index is 13.0. The molecule has 4 heterocycles. The molecule has 0 atom stereocenters. The molecule has 11 nitrogen and oxygen atoms in total. The third-order valence-corrected chi connectivity index (χ3v) is 6.53. The van der Waals surface area contributed by atoms with Gasteiger partial charge in [-0.3, -0.25) is 4.90 Å². The van der Waals surface area contributed by atoms with Crippen molar-refractivity contribution >= 4 is 35.1 Å². The summed E-state index contributed by atoms with van der Waals surface area (Å²) in [5, 5.41) is 3.20. The predicted octanol–water partition coefficient (Wildman–Crippen LogP) is 4.41. The number of hydrogen-bond acceptors (Lipinski definition) is 10. The number of carbonyl (C=O) groups is 2. The number of fused-ring (bicyclic) bond motifs is 2. The topological polar surface area (TPSA) is 119 Å². The van der Waals surface area contributed by atoms with Crippen LogP contribution in [0.5, 0.6) is 5.88 Å². The molecule has 0 radical (unpaired) electrons. The summed E-state index contributed by atoms with van der Waals surface area (Å²) in [7, 11) is 1.35. The van der Waals surface area contributed by atoms with Gasteiger partial charge in [-0.25, -0.2) is 24.5 Å². The summed E-state index contributed by atoms with van der Waals surface area (Å²) in [6.45, 7) is 9.58. The van der Waals surface area contributed by atoms with Gasteiger partial charge in [0.15, 0.2) is 0 Å². The number of benzene rings is 1. The van der Waals surface area contributed by atoms with Gasteiger partial charge >= 0.3 is 12.1 Å². The SMILES string of the molecule is COC(=O)c1ccc(Nc2ncc3c(n2)CN(c2cnc4c(c2C)N(C(=O)OC(C)(C)C)CCO4)CC3)cc1. The maximum absolute atomic E-state index is 13.0. The first-order valence-corrected chi connectivity index (χ1v) is 12.8. The summed E-state index contributed by atoms with van der Waals surface area (Å²) in [5.41, 5.74) is 5.04. The van der Waals surface area contributed by atoms with Gasteiger partial charge in [0.1, 0.15) is 17.9 Å². The van der Waals surface area contributed by atoms with E-state index in [1.807, 2.05) is 33.9 Å². The van der Waals surface area contributed by atoms with Crippen molar-refractivity contribution in [2.75, 3.05) is 41.9 Å². The Bertz CT molecular complexity index is 1400. The Balaban J connectivity index is 1.37. The fourth-order valence-electron chi connectivity index (χ4n) is 4.65. The smallest absolute Gasteiger partial charge is 0.415 e. The summed E-state index contributed by atoms with van der Waals surface area (Å²) in [6.07, 6.45) is 4.00. The van der Waals surface area contributed by atoms with E-state index in [0.29, 0.717) is 42.8 Å². The zero-order valence-electron chi connectivity index (χ0n) is 22.8. The molecule has 11 heteroatoms. The number of anilines is 4. The lowest BCUT2D eigenvalue weighted by atomic mass is 10.0. The molecule has 2 aliphatic heterocycles. The standard InChI is InChI=1S/C28H32N6O5/c1-17-22(15-29-24-23(17)34(12-13-38-24)27(36)39-28(2,3)4)33-11-10-19-14-30-26(32-21(19)16-33)31-20-8-6-18(7-9-20)25(35)37-5/h6-9,14-15H,10-13,16H2,1-5H3,(H,30,31,32). The van der Waals surface area contributed by atoms with Gasteiger partial charge in [-0.15, -0.1) is 0 Å². The molecule has 0 fully saturated rings. The van der Waals surface area contributed by atoms with Gasteiger partial charge in [0.2, 0.25) is 11.8 Å². The highest BCUT2D eigenvalue weighted by atomic mass is 16.6. The molecule has 0 saturated heterocycles. The Labute approximate surface area is 227 Å². The second-order valence-electron chi connectivity index (χ2n) is 10.4. The van der Waals surface area contributed by atoms with Crippen LogP contribution in [-0.2, 0) is 22.4 Å². The first kappa shape index (κ1) is 26.2. The molecular weight excluding hydrogens is 500 g/mol. The van der Waals surface area contributed by atoms with Crippen molar-refractivity contribution in [3.63, 3.8) is 0 Å². The van der Waals surface area contributed by atoms with Gasteiger partial charge in [-0.2, -0.15) is 0 Å². The van der Waals surface area contributed by atoms with E-state index in [-0.39, 0.29) is 5.97 Å². The zero-order chi connectivity index (χ0) is 27.7. The Hall–Kier alpha value is -4.41. The minimum absolute atomic E-state index is 0.354. The zero-order valence-corrected chi connectivity index (χ0v) is 22.8. The normalized spacial score (nSPS) is 14.6. The van der Waals surface area contributed by atoms with E-state index in [2.05, 4.69) is 20.2 Å². The number of aromatic nitrogens is 3.